The quantitative estimate of drug-likeness (QED) is 0.524. The number of hydrogen-bond acceptors (Lipinski definition) is 5. The Balaban J connectivity index is 0.00000196. The number of hydrogen-bond donors (Lipinski definition) is 1. The molecule has 0 radical (unpaired) electrons. The average molecular weight is 435 g/mol. The SMILES string of the molecule is Br.Cc1cc(C)n(-c2nc(Nc3ccc(Cl)cc3)c3ncn(C)c3n2)n1. The van der Waals surface area contributed by atoms with Crippen LogP contribution in [0.15, 0.2) is 36.7 Å². The minimum atomic E-state index is 0. The molecule has 134 valence electrons. The molecule has 3 aromatic heterocycles. The molecule has 4 aromatic rings. The third kappa shape index (κ3) is 3.30. The topological polar surface area (TPSA) is 73.5 Å². The summed E-state index contributed by atoms with van der Waals surface area (Å²) in [7, 11) is 1.90. The highest BCUT2D eigenvalue weighted by Crippen LogP contribution is 2.24. The van der Waals surface area contributed by atoms with Crippen molar-refractivity contribution in [1.29, 1.82) is 0 Å². The van der Waals surface area contributed by atoms with Gasteiger partial charge >= 0.3 is 0 Å². The molecule has 3 heterocycles. The van der Waals surface area contributed by atoms with Crippen LogP contribution >= 0.6 is 28.6 Å². The lowest BCUT2D eigenvalue weighted by molar-refractivity contribution is 0.776. The number of aromatic nitrogens is 6. The molecule has 1 aromatic carbocycles. The second kappa shape index (κ2) is 7.05. The van der Waals surface area contributed by atoms with Gasteiger partial charge < -0.3 is 9.88 Å². The summed E-state index contributed by atoms with van der Waals surface area (Å²) in [5, 5.41) is 8.46. The van der Waals surface area contributed by atoms with E-state index in [1.54, 1.807) is 11.0 Å². The predicted octanol–water partition coefficient (Wildman–Crippen LogP) is 4.14. The number of imidazole rings is 1. The zero-order valence-corrected chi connectivity index (χ0v) is 16.9. The first kappa shape index (κ1) is 18.3. The second-order valence-corrected chi connectivity index (χ2v) is 6.31. The molecule has 0 amide bonds. The minimum absolute atomic E-state index is 0. The maximum atomic E-state index is 5.96. The molecule has 0 fully saturated rings. The number of nitrogens with zero attached hydrogens (tertiary/aromatic N) is 6. The molecule has 0 bridgehead atoms. The van der Waals surface area contributed by atoms with Gasteiger partial charge in [0.2, 0.25) is 0 Å². The number of aryl methyl sites for hydroxylation is 3. The number of benzene rings is 1. The van der Waals surface area contributed by atoms with E-state index in [0.717, 1.165) is 22.7 Å². The number of fused-ring (bicyclic) bond motifs is 1. The van der Waals surface area contributed by atoms with Gasteiger partial charge in [0.1, 0.15) is 0 Å². The smallest absolute Gasteiger partial charge is 0.254 e. The van der Waals surface area contributed by atoms with E-state index in [9.17, 15) is 0 Å². The van der Waals surface area contributed by atoms with E-state index in [1.165, 1.54) is 0 Å². The molecule has 0 atom stereocenters. The van der Waals surface area contributed by atoms with Crippen molar-refractivity contribution in [3.05, 3.63) is 53.1 Å². The van der Waals surface area contributed by atoms with Crippen molar-refractivity contribution >= 4 is 51.3 Å². The molecule has 7 nitrogen and oxygen atoms in total. The van der Waals surface area contributed by atoms with Gasteiger partial charge in [0.15, 0.2) is 17.0 Å². The minimum Gasteiger partial charge on any atom is -0.338 e. The molecule has 26 heavy (non-hydrogen) atoms. The Labute approximate surface area is 165 Å². The fourth-order valence-corrected chi connectivity index (χ4v) is 2.80. The molecule has 0 saturated heterocycles. The first-order valence-electron chi connectivity index (χ1n) is 7.76. The van der Waals surface area contributed by atoms with Crippen molar-refractivity contribution < 1.29 is 0 Å². The molecule has 0 aliphatic rings. The Morgan fingerprint density at radius 2 is 1.81 bits per heavy atom. The van der Waals surface area contributed by atoms with Crippen LogP contribution in [0.1, 0.15) is 11.4 Å². The summed E-state index contributed by atoms with van der Waals surface area (Å²) in [5.74, 6) is 1.12. The highest BCUT2D eigenvalue weighted by molar-refractivity contribution is 8.93. The molecule has 0 aliphatic heterocycles. The van der Waals surface area contributed by atoms with Crippen molar-refractivity contribution in [1.82, 2.24) is 29.3 Å². The molecule has 0 aliphatic carbocycles. The third-order valence-electron chi connectivity index (χ3n) is 3.85. The van der Waals surface area contributed by atoms with Crippen molar-refractivity contribution in [2.24, 2.45) is 7.05 Å². The largest absolute Gasteiger partial charge is 0.338 e. The monoisotopic (exact) mass is 433 g/mol. The Hall–Kier alpha value is -2.45. The molecule has 9 heteroatoms. The summed E-state index contributed by atoms with van der Waals surface area (Å²) in [5.41, 5.74) is 4.18. The Kier molecular flexibility index (Phi) is 4.97. The zero-order chi connectivity index (χ0) is 17.6. The Bertz CT molecular complexity index is 1070. The summed E-state index contributed by atoms with van der Waals surface area (Å²) in [6, 6.07) is 9.42. The van der Waals surface area contributed by atoms with Crippen LogP contribution in [0, 0.1) is 13.8 Å². The fraction of sp³-hybridized carbons (Fsp3) is 0.176. The van der Waals surface area contributed by atoms with Gasteiger partial charge in [0.25, 0.3) is 5.95 Å². The van der Waals surface area contributed by atoms with Gasteiger partial charge in [-0.05, 0) is 44.2 Å². The highest BCUT2D eigenvalue weighted by atomic mass is 79.9. The van der Waals surface area contributed by atoms with E-state index in [4.69, 9.17) is 11.6 Å². The summed E-state index contributed by atoms with van der Waals surface area (Å²) in [6.07, 6.45) is 1.72. The molecule has 0 spiro atoms. The zero-order valence-electron chi connectivity index (χ0n) is 14.4. The van der Waals surface area contributed by atoms with Crippen LogP contribution in [0.3, 0.4) is 0 Å². The molecule has 1 N–H and O–H groups in total. The summed E-state index contributed by atoms with van der Waals surface area (Å²) >= 11 is 5.96. The van der Waals surface area contributed by atoms with Crippen LogP contribution < -0.4 is 5.32 Å². The lowest BCUT2D eigenvalue weighted by atomic mass is 10.3. The van der Waals surface area contributed by atoms with Gasteiger partial charge in [-0.3, -0.25) is 0 Å². The predicted molar refractivity (Wildman–Crippen MR) is 108 cm³/mol. The van der Waals surface area contributed by atoms with E-state index in [-0.39, 0.29) is 17.0 Å². The first-order chi connectivity index (χ1) is 12.0. The molecular formula is C17H17BrClN7. The van der Waals surface area contributed by atoms with E-state index in [2.05, 4.69) is 25.4 Å². The van der Waals surface area contributed by atoms with E-state index < -0.39 is 0 Å². The summed E-state index contributed by atoms with van der Waals surface area (Å²) in [4.78, 5) is 13.7. The van der Waals surface area contributed by atoms with Crippen LogP contribution in [0.5, 0.6) is 0 Å². The molecule has 0 unspecified atom stereocenters. The van der Waals surface area contributed by atoms with E-state index >= 15 is 0 Å². The van der Waals surface area contributed by atoms with Gasteiger partial charge in [-0.25, -0.2) is 9.67 Å². The maximum absolute atomic E-state index is 5.96. The highest BCUT2D eigenvalue weighted by Gasteiger charge is 2.15. The van der Waals surface area contributed by atoms with Gasteiger partial charge in [-0.1, -0.05) is 11.6 Å². The maximum Gasteiger partial charge on any atom is 0.254 e. The third-order valence-corrected chi connectivity index (χ3v) is 4.11. The van der Waals surface area contributed by atoms with Crippen LogP contribution in [-0.4, -0.2) is 29.3 Å². The van der Waals surface area contributed by atoms with Crippen molar-refractivity contribution in [3.63, 3.8) is 0 Å². The van der Waals surface area contributed by atoms with Gasteiger partial charge in [0, 0.05) is 23.5 Å². The van der Waals surface area contributed by atoms with Crippen molar-refractivity contribution in [3.8, 4) is 5.95 Å². The average Bonchev–Trinajstić information content (AvgIpc) is 3.12. The van der Waals surface area contributed by atoms with Gasteiger partial charge in [-0.2, -0.15) is 15.1 Å². The summed E-state index contributed by atoms with van der Waals surface area (Å²) in [6.45, 7) is 3.92. The van der Waals surface area contributed by atoms with Crippen LogP contribution in [-0.2, 0) is 7.05 Å². The van der Waals surface area contributed by atoms with E-state index in [0.29, 0.717) is 22.3 Å². The van der Waals surface area contributed by atoms with Crippen molar-refractivity contribution in [2.75, 3.05) is 5.32 Å². The lowest BCUT2D eigenvalue weighted by Crippen LogP contribution is -2.08. The van der Waals surface area contributed by atoms with Crippen molar-refractivity contribution in [2.45, 2.75) is 13.8 Å². The van der Waals surface area contributed by atoms with E-state index in [1.807, 2.05) is 55.8 Å². The molecule has 4 rings (SSSR count). The number of nitrogens with one attached hydrogen (secondary N) is 1. The second-order valence-electron chi connectivity index (χ2n) is 5.87. The molecule has 0 saturated carbocycles. The van der Waals surface area contributed by atoms with Gasteiger partial charge in [0.05, 0.1) is 12.0 Å². The summed E-state index contributed by atoms with van der Waals surface area (Å²) < 4.78 is 3.59. The number of rotatable bonds is 3. The fourth-order valence-electron chi connectivity index (χ4n) is 2.68. The van der Waals surface area contributed by atoms with Gasteiger partial charge in [-0.15, -0.1) is 17.0 Å². The van der Waals surface area contributed by atoms with Crippen LogP contribution in [0.25, 0.3) is 17.1 Å². The first-order valence-corrected chi connectivity index (χ1v) is 8.14. The number of halogens is 2. The molecular weight excluding hydrogens is 418 g/mol. The normalized spacial score (nSPS) is 10.8. The van der Waals surface area contributed by atoms with Crippen LogP contribution in [0.4, 0.5) is 11.5 Å². The lowest BCUT2D eigenvalue weighted by Gasteiger charge is -2.09. The number of anilines is 2. The van der Waals surface area contributed by atoms with Crippen LogP contribution in [0.2, 0.25) is 5.02 Å². The Morgan fingerprint density at radius 3 is 2.46 bits per heavy atom. The Morgan fingerprint density at radius 1 is 1.08 bits per heavy atom. The standard InChI is InChI=1S/C17H16ClN7.BrH/c1-10-8-11(2)25(23-10)17-21-15(14-16(22-17)24(3)9-19-14)20-13-6-4-12(18)5-7-13;/h4-9H,1-3H3,(H,20,21,22);1H.